The van der Waals surface area contributed by atoms with E-state index in [1.54, 1.807) is 18.7 Å². The summed E-state index contributed by atoms with van der Waals surface area (Å²) < 4.78 is 4.94. The zero-order valence-electron chi connectivity index (χ0n) is 17.9. The second-order valence-electron chi connectivity index (χ2n) is 7.87. The molecule has 0 radical (unpaired) electrons. The molecule has 0 bridgehead atoms. The van der Waals surface area contributed by atoms with Gasteiger partial charge in [0.1, 0.15) is 12.1 Å². The van der Waals surface area contributed by atoms with Crippen molar-refractivity contribution >= 4 is 23.0 Å². The Hall–Kier alpha value is -4.39. The molecule has 0 aliphatic carbocycles. The molecular formula is C26H23N5O2. The minimum absolute atomic E-state index is 0.102. The first-order valence-corrected chi connectivity index (χ1v) is 10.7. The van der Waals surface area contributed by atoms with E-state index < -0.39 is 0 Å². The number of hydrogen-bond acceptors (Lipinski definition) is 6. The summed E-state index contributed by atoms with van der Waals surface area (Å²) in [4.78, 5) is 17.7. The van der Waals surface area contributed by atoms with E-state index in [0.29, 0.717) is 12.1 Å². The number of carbonyl (C=O) groups excluding carboxylic acids is 1. The topological polar surface area (TPSA) is 92.1 Å². The van der Waals surface area contributed by atoms with E-state index in [0.717, 1.165) is 33.8 Å². The van der Waals surface area contributed by atoms with Gasteiger partial charge in [0.05, 0.1) is 24.0 Å². The molecule has 0 saturated heterocycles. The van der Waals surface area contributed by atoms with E-state index in [1.165, 1.54) is 0 Å². The highest BCUT2D eigenvalue weighted by atomic mass is 16.5. The van der Waals surface area contributed by atoms with Gasteiger partial charge in [-0.3, -0.25) is 4.79 Å². The molecular weight excluding hydrogens is 414 g/mol. The lowest BCUT2D eigenvalue weighted by atomic mass is 9.96. The van der Waals surface area contributed by atoms with Gasteiger partial charge in [-0.05, 0) is 34.9 Å². The number of nitrogens with zero attached hydrogens (tertiary/aromatic N) is 2. The minimum Gasteiger partial charge on any atom is -0.380 e. The second-order valence-corrected chi connectivity index (χ2v) is 7.87. The van der Waals surface area contributed by atoms with Crippen LogP contribution < -0.4 is 16.0 Å². The van der Waals surface area contributed by atoms with Crippen LogP contribution in [0.5, 0.6) is 0 Å². The number of hydrogen-bond donors (Lipinski definition) is 3. The zero-order valence-corrected chi connectivity index (χ0v) is 17.9. The number of pyridine rings is 1. The molecule has 2 atom stereocenters. The van der Waals surface area contributed by atoms with Crippen molar-refractivity contribution in [3.8, 4) is 11.1 Å². The Balaban J connectivity index is 1.39. The van der Waals surface area contributed by atoms with Gasteiger partial charge in [-0.15, -0.1) is 0 Å². The van der Waals surface area contributed by atoms with E-state index >= 15 is 0 Å². The Morgan fingerprint density at radius 2 is 1.97 bits per heavy atom. The van der Waals surface area contributed by atoms with E-state index in [4.69, 9.17) is 4.52 Å². The first-order valence-electron chi connectivity index (χ1n) is 10.7. The van der Waals surface area contributed by atoms with E-state index in [-0.39, 0.29) is 18.0 Å². The molecule has 1 amide bonds. The molecule has 2 aromatic heterocycles. The van der Waals surface area contributed by atoms with Crippen LogP contribution in [0.25, 0.3) is 16.7 Å². The lowest BCUT2D eigenvalue weighted by Crippen LogP contribution is -2.46. The third kappa shape index (κ3) is 4.34. The van der Waals surface area contributed by atoms with Crippen molar-refractivity contribution in [2.24, 2.45) is 0 Å². The zero-order chi connectivity index (χ0) is 22.6. The molecule has 33 heavy (non-hydrogen) atoms. The van der Waals surface area contributed by atoms with Gasteiger partial charge < -0.3 is 20.5 Å². The highest BCUT2D eigenvalue weighted by Gasteiger charge is 2.29. The van der Waals surface area contributed by atoms with Gasteiger partial charge in [0.15, 0.2) is 0 Å². The van der Waals surface area contributed by atoms with Crippen molar-refractivity contribution in [1.29, 1.82) is 0 Å². The molecule has 7 heteroatoms. The molecule has 164 valence electrons. The van der Waals surface area contributed by atoms with E-state index in [1.807, 2.05) is 66.7 Å². The van der Waals surface area contributed by atoms with Crippen molar-refractivity contribution in [2.75, 3.05) is 17.2 Å². The van der Waals surface area contributed by atoms with Crippen LogP contribution in [-0.4, -0.2) is 28.6 Å². The van der Waals surface area contributed by atoms with Gasteiger partial charge in [-0.25, -0.2) is 4.98 Å². The number of aromatic nitrogens is 2. The molecule has 1 aliphatic rings. The Morgan fingerprint density at radius 1 is 1.09 bits per heavy atom. The SMILES string of the molecule is C=C(C(=O)N[C@H](c1ccccc1)[C@H]1CNc2cccnc2N1)c1cccc(-c2cnoc2)c1. The van der Waals surface area contributed by atoms with Crippen LogP contribution in [0.3, 0.4) is 0 Å². The van der Waals surface area contributed by atoms with Gasteiger partial charge in [0.2, 0.25) is 0 Å². The number of carbonyl (C=O) groups is 1. The molecule has 3 N–H and O–H groups in total. The average Bonchev–Trinajstić information content (AvgIpc) is 3.42. The van der Waals surface area contributed by atoms with Gasteiger partial charge in [-0.2, -0.15) is 0 Å². The standard InChI is InChI=1S/C26H23N5O2/c1-17(19-9-5-10-20(13-19)21-14-29-33-16-21)26(32)31-24(18-7-3-2-4-8-18)23-15-28-22-11-6-12-27-25(22)30-23/h2-14,16,23-24,28H,1,15H2,(H,27,30)(H,31,32)/t23-,24-/m1/s1. The average molecular weight is 438 g/mol. The molecule has 0 fully saturated rings. The summed E-state index contributed by atoms with van der Waals surface area (Å²) in [6, 6.07) is 21.0. The predicted octanol–water partition coefficient (Wildman–Crippen LogP) is 4.51. The first kappa shape index (κ1) is 20.5. The highest BCUT2D eigenvalue weighted by Crippen LogP contribution is 2.29. The molecule has 2 aromatic carbocycles. The smallest absolute Gasteiger partial charge is 0.251 e. The van der Waals surface area contributed by atoms with Crippen molar-refractivity contribution in [3.63, 3.8) is 0 Å². The molecule has 1 aliphatic heterocycles. The third-order valence-corrected chi connectivity index (χ3v) is 5.74. The summed E-state index contributed by atoms with van der Waals surface area (Å²) >= 11 is 0. The minimum atomic E-state index is -0.292. The van der Waals surface area contributed by atoms with Crippen LogP contribution in [0.4, 0.5) is 11.5 Å². The maximum atomic E-state index is 13.3. The van der Waals surface area contributed by atoms with Crippen LogP contribution in [0.2, 0.25) is 0 Å². The molecule has 4 aromatic rings. The molecule has 5 rings (SSSR count). The van der Waals surface area contributed by atoms with E-state index in [2.05, 4.69) is 32.7 Å². The van der Waals surface area contributed by atoms with Crippen LogP contribution in [-0.2, 0) is 4.79 Å². The number of nitrogens with one attached hydrogen (secondary N) is 3. The fraction of sp³-hybridized carbons (Fsp3) is 0.115. The van der Waals surface area contributed by atoms with Gasteiger partial charge >= 0.3 is 0 Å². The molecule has 3 heterocycles. The lowest BCUT2D eigenvalue weighted by Gasteiger charge is -2.34. The van der Waals surface area contributed by atoms with Crippen molar-refractivity contribution in [3.05, 3.63) is 103 Å². The summed E-state index contributed by atoms with van der Waals surface area (Å²) in [5.41, 5.74) is 4.81. The van der Waals surface area contributed by atoms with Crippen LogP contribution >= 0.6 is 0 Å². The van der Waals surface area contributed by atoms with Crippen molar-refractivity contribution in [2.45, 2.75) is 12.1 Å². The summed E-state index contributed by atoms with van der Waals surface area (Å²) in [6.07, 6.45) is 4.96. The van der Waals surface area contributed by atoms with Crippen molar-refractivity contribution < 1.29 is 9.32 Å². The number of benzene rings is 2. The van der Waals surface area contributed by atoms with Crippen LogP contribution in [0, 0.1) is 0 Å². The Kier molecular flexibility index (Phi) is 5.59. The quantitative estimate of drug-likeness (QED) is 0.384. The summed E-state index contributed by atoms with van der Waals surface area (Å²) in [5.74, 6) is 0.532. The summed E-state index contributed by atoms with van der Waals surface area (Å²) in [6.45, 7) is 4.71. The predicted molar refractivity (Wildman–Crippen MR) is 128 cm³/mol. The van der Waals surface area contributed by atoms with Crippen LogP contribution in [0.1, 0.15) is 17.2 Å². The molecule has 0 spiro atoms. The van der Waals surface area contributed by atoms with Crippen LogP contribution in [0.15, 0.2) is 96.5 Å². The number of anilines is 2. The third-order valence-electron chi connectivity index (χ3n) is 5.74. The summed E-state index contributed by atoms with van der Waals surface area (Å²) in [5, 5.41) is 13.8. The fourth-order valence-electron chi connectivity index (χ4n) is 3.98. The normalized spacial score (nSPS) is 15.5. The van der Waals surface area contributed by atoms with E-state index in [9.17, 15) is 4.79 Å². The maximum absolute atomic E-state index is 13.3. The lowest BCUT2D eigenvalue weighted by molar-refractivity contribution is -0.116. The second kappa shape index (κ2) is 9.00. The fourth-order valence-corrected chi connectivity index (χ4v) is 3.98. The van der Waals surface area contributed by atoms with Gasteiger partial charge in [-0.1, -0.05) is 60.3 Å². The Labute approximate surface area is 191 Å². The largest absolute Gasteiger partial charge is 0.380 e. The van der Waals surface area contributed by atoms with Crippen molar-refractivity contribution in [1.82, 2.24) is 15.5 Å². The molecule has 0 saturated carbocycles. The summed E-state index contributed by atoms with van der Waals surface area (Å²) in [7, 11) is 0. The highest BCUT2D eigenvalue weighted by molar-refractivity contribution is 6.19. The maximum Gasteiger partial charge on any atom is 0.251 e. The van der Waals surface area contributed by atoms with Gasteiger partial charge in [0.25, 0.3) is 5.91 Å². The van der Waals surface area contributed by atoms with Gasteiger partial charge in [0, 0.05) is 23.9 Å². The number of rotatable bonds is 6. The number of amides is 1. The monoisotopic (exact) mass is 437 g/mol. The Morgan fingerprint density at radius 3 is 2.79 bits per heavy atom. The molecule has 0 unspecified atom stereocenters. The number of fused-ring (bicyclic) bond motifs is 1. The molecule has 7 nitrogen and oxygen atoms in total. The Bertz CT molecular complexity index is 1270. The first-order chi connectivity index (χ1) is 16.2.